The van der Waals surface area contributed by atoms with Gasteiger partial charge < -0.3 is 15.3 Å². The molecule has 2 N–H and O–H groups in total. The fourth-order valence-electron chi connectivity index (χ4n) is 1.61. The fraction of sp³-hybridized carbons (Fsp3) is 0.200. The number of nitrogens with zero attached hydrogens (tertiary/aromatic N) is 1. The number of nitrogens with one attached hydrogen (secondary N) is 1. The smallest absolute Gasteiger partial charge is 0.323 e. The molecular formula is C10H10N2O3. The molecule has 0 aliphatic carbocycles. The van der Waals surface area contributed by atoms with Gasteiger partial charge in [-0.05, 0) is 12.1 Å². The van der Waals surface area contributed by atoms with Crippen LogP contribution < -0.4 is 10.2 Å². The molecule has 0 radical (unpaired) electrons. The highest BCUT2D eigenvalue weighted by molar-refractivity contribution is 6.02. The highest BCUT2D eigenvalue weighted by Gasteiger charge is 2.22. The highest BCUT2D eigenvalue weighted by atomic mass is 16.4. The maximum atomic E-state index is 11.3. The van der Waals surface area contributed by atoms with Crippen LogP contribution in [0.3, 0.4) is 0 Å². The summed E-state index contributed by atoms with van der Waals surface area (Å²) in [5, 5.41) is 11.4. The van der Waals surface area contributed by atoms with Gasteiger partial charge in [-0.3, -0.25) is 9.59 Å². The molecule has 1 heterocycles. The zero-order chi connectivity index (χ0) is 10.8. The summed E-state index contributed by atoms with van der Waals surface area (Å²) in [7, 11) is 0. The van der Waals surface area contributed by atoms with Crippen LogP contribution in [0.25, 0.3) is 0 Å². The lowest BCUT2D eigenvalue weighted by Crippen LogP contribution is -2.40. The first-order valence-electron chi connectivity index (χ1n) is 4.52. The Morgan fingerprint density at radius 3 is 2.93 bits per heavy atom. The number of carboxylic acid groups (broad SMARTS) is 1. The van der Waals surface area contributed by atoms with Crippen LogP contribution in [0.15, 0.2) is 24.3 Å². The molecule has 5 nitrogen and oxygen atoms in total. The fourth-order valence-corrected chi connectivity index (χ4v) is 1.61. The van der Waals surface area contributed by atoms with Crippen molar-refractivity contribution < 1.29 is 14.7 Å². The second kappa shape index (κ2) is 3.61. The SMILES string of the molecule is O=C(O)CN1CC(=O)Nc2ccccc21. The lowest BCUT2D eigenvalue weighted by atomic mass is 10.2. The maximum Gasteiger partial charge on any atom is 0.323 e. The predicted molar refractivity (Wildman–Crippen MR) is 54.9 cm³/mol. The first-order chi connectivity index (χ1) is 7.16. The zero-order valence-corrected chi connectivity index (χ0v) is 7.93. The Kier molecular flexibility index (Phi) is 2.29. The molecular weight excluding hydrogens is 196 g/mol. The van der Waals surface area contributed by atoms with E-state index in [1.54, 1.807) is 18.2 Å². The van der Waals surface area contributed by atoms with Gasteiger partial charge in [-0.25, -0.2) is 0 Å². The first-order valence-corrected chi connectivity index (χ1v) is 4.52. The van der Waals surface area contributed by atoms with E-state index in [2.05, 4.69) is 5.32 Å². The van der Waals surface area contributed by atoms with E-state index in [1.807, 2.05) is 6.07 Å². The number of carboxylic acids is 1. The molecule has 1 aliphatic rings. The maximum absolute atomic E-state index is 11.3. The number of carbonyl (C=O) groups is 2. The number of carbonyl (C=O) groups excluding carboxylic acids is 1. The molecule has 15 heavy (non-hydrogen) atoms. The molecule has 0 aromatic heterocycles. The number of hydrogen-bond donors (Lipinski definition) is 2. The van der Waals surface area contributed by atoms with Gasteiger partial charge in [-0.1, -0.05) is 12.1 Å². The molecule has 0 saturated heterocycles. The largest absolute Gasteiger partial charge is 0.480 e. The number of rotatable bonds is 2. The van der Waals surface area contributed by atoms with Gasteiger partial charge in [0.1, 0.15) is 6.54 Å². The minimum absolute atomic E-state index is 0.0866. The van der Waals surface area contributed by atoms with Crippen molar-refractivity contribution in [2.45, 2.75) is 0 Å². The predicted octanol–water partition coefficient (Wildman–Crippen LogP) is 0.530. The summed E-state index contributed by atoms with van der Waals surface area (Å²) < 4.78 is 0. The van der Waals surface area contributed by atoms with Gasteiger partial charge in [-0.15, -0.1) is 0 Å². The molecule has 1 amide bonds. The van der Waals surface area contributed by atoms with E-state index in [0.29, 0.717) is 5.69 Å². The Labute approximate surface area is 86.3 Å². The van der Waals surface area contributed by atoms with E-state index in [0.717, 1.165) is 5.69 Å². The third-order valence-electron chi connectivity index (χ3n) is 2.18. The number of aliphatic carboxylic acids is 1. The van der Waals surface area contributed by atoms with Crippen molar-refractivity contribution in [2.24, 2.45) is 0 Å². The Hall–Kier alpha value is -2.04. The summed E-state index contributed by atoms with van der Waals surface area (Å²) in [5.41, 5.74) is 1.41. The minimum Gasteiger partial charge on any atom is -0.480 e. The molecule has 1 aromatic rings. The minimum atomic E-state index is -0.945. The van der Waals surface area contributed by atoms with Crippen LogP contribution in [0.4, 0.5) is 11.4 Å². The average Bonchev–Trinajstić information content (AvgIpc) is 2.16. The van der Waals surface area contributed by atoms with Crippen LogP contribution >= 0.6 is 0 Å². The Balaban J connectivity index is 2.33. The van der Waals surface area contributed by atoms with Gasteiger partial charge in [0.05, 0.1) is 17.9 Å². The summed E-state index contributed by atoms with van der Waals surface area (Å²) >= 11 is 0. The number of para-hydroxylation sites is 2. The van der Waals surface area contributed by atoms with Crippen LogP contribution in [-0.4, -0.2) is 30.1 Å². The molecule has 0 fully saturated rings. The molecule has 0 saturated carbocycles. The van der Waals surface area contributed by atoms with Crippen LogP contribution in [-0.2, 0) is 9.59 Å². The normalized spacial score (nSPS) is 14.4. The first kappa shape index (κ1) is 9.51. The molecule has 0 unspecified atom stereocenters. The third kappa shape index (κ3) is 1.90. The number of benzene rings is 1. The van der Waals surface area contributed by atoms with E-state index in [1.165, 1.54) is 4.90 Å². The molecule has 0 atom stereocenters. The van der Waals surface area contributed by atoms with Crippen LogP contribution in [0, 0.1) is 0 Å². The summed E-state index contributed by atoms with van der Waals surface area (Å²) in [6.45, 7) is -0.0756. The van der Waals surface area contributed by atoms with E-state index in [4.69, 9.17) is 5.11 Å². The van der Waals surface area contributed by atoms with Gasteiger partial charge in [0.25, 0.3) is 0 Å². The average molecular weight is 206 g/mol. The van der Waals surface area contributed by atoms with Crippen LogP contribution in [0.5, 0.6) is 0 Å². The standard InChI is InChI=1S/C10H10N2O3/c13-9-5-12(6-10(14)15)8-4-2-1-3-7(8)11-9/h1-4H,5-6H2,(H,11,13)(H,14,15). The summed E-state index contributed by atoms with van der Waals surface area (Å²) in [6.07, 6.45) is 0. The van der Waals surface area contributed by atoms with Gasteiger partial charge in [0.2, 0.25) is 5.91 Å². The molecule has 1 aromatic carbocycles. The van der Waals surface area contributed by atoms with E-state index < -0.39 is 5.97 Å². The molecule has 5 heteroatoms. The summed E-state index contributed by atoms with van der Waals surface area (Å²) in [4.78, 5) is 23.4. The van der Waals surface area contributed by atoms with Gasteiger partial charge >= 0.3 is 5.97 Å². The number of hydrogen-bond acceptors (Lipinski definition) is 3. The number of amides is 1. The lowest BCUT2D eigenvalue weighted by Gasteiger charge is -2.29. The second-order valence-corrected chi connectivity index (χ2v) is 3.32. The molecule has 2 rings (SSSR count). The monoisotopic (exact) mass is 206 g/mol. The summed E-state index contributed by atoms with van der Waals surface area (Å²) in [5.74, 6) is -1.13. The van der Waals surface area contributed by atoms with Gasteiger partial charge in [0.15, 0.2) is 0 Å². The molecule has 0 bridgehead atoms. The third-order valence-corrected chi connectivity index (χ3v) is 2.18. The van der Waals surface area contributed by atoms with Gasteiger partial charge in [0, 0.05) is 0 Å². The van der Waals surface area contributed by atoms with Crippen LogP contribution in [0.2, 0.25) is 0 Å². The number of anilines is 2. The molecule has 1 aliphatic heterocycles. The van der Waals surface area contributed by atoms with Crippen molar-refractivity contribution in [1.82, 2.24) is 0 Å². The Bertz CT molecular complexity index is 417. The van der Waals surface area contributed by atoms with E-state index >= 15 is 0 Å². The van der Waals surface area contributed by atoms with Crippen molar-refractivity contribution in [2.75, 3.05) is 23.3 Å². The van der Waals surface area contributed by atoms with E-state index in [9.17, 15) is 9.59 Å². The van der Waals surface area contributed by atoms with Crippen molar-refractivity contribution in [3.63, 3.8) is 0 Å². The van der Waals surface area contributed by atoms with Crippen molar-refractivity contribution in [3.8, 4) is 0 Å². The van der Waals surface area contributed by atoms with Gasteiger partial charge in [-0.2, -0.15) is 0 Å². The quantitative estimate of drug-likeness (QED) is 0.740. The highest BCUT2D eigenvalue weighted by Crippen LogP contribution is 2.28. The van der Waals surface area contributed by atoms with Crippen molar-refractivity contribution in [1.29, 1.82) is 0 Å². The Morgan fingerprint density at radius 1 is 1.47 bits per heavy atom. The van der Waals surface area contributed by atoms with Crippen molar-refractivity contribution in [3.05, 3.63) is 24.3 Å². The topological polar surface area (TPSA) is 69.6 Å². The van der Waals surface area contributed by atoms with E-state index in [-0.39, 0.29) is 19.0 Å². The molecule has 0 spiro atoms. The second-order valence-electron chi connectivity index (χ2n) is 3.32. The molecule has 78 valence electrons. The lowest BCUT2D eigenvalue weighted by molar-refractivity contribution is -0.135. The summed E-state index contributed by atoms with van der Waals surface area (Å²) in [6, 6.07) is 7.15. The number of fused-ring (bicyclic) bond motifs is 1. The van der Waals surface area contributed by atoms with Crippen molar-refractivity contribution >= 4 is 23.3 Å². The Morgan fingerprint density at radius 2 is 2.20 bits per heavy atom. The van der Waals surface area contributed by atoms with Crippen LogP contribution in [0.1, 0.15) is 0 Å². The zero-order valence-electron chi connectivity index (χ0n) is 7.93.